The molecule has 1 fully saturated rings. The van der Waals surface area contributed by atoms with E-state index in [-0.39, 0.29) is 5.41 Å². The zero-order valence-corrected chi connectivity index (χ0v) is 8.49. The average Bonchev–Trinajstić information content (AvgIpc) is 2.99. The number of nitriles is 2. The number of aryl methyl sites for hydroxylation is 1. The van der Waals surface area contributed by atoms with Gasteiger partial charge in [-0.05, 0) is 19.8 Å². The summed E-state index contributed by atoms with van der Waals surface area (Å²) < 4.78 is 0. The molecule has 1 saturated carbocycles. The van der Waals surface area contributed by atoms with Crippen LogP contribution < -0.4 is 0 Å². The van der Waals surface area contributed by atoms with Gasteiger partial charge >= 0.3 is 0 Å². The van der Waals surface area contributed by atoms with E-state index in [4.69, 9.17) is 10.5 Å². The lowest BCUT2D eigenvalue weighted by atomic mass is 10.0. The third kappa shape index (κ3) is 1.80. The molecule has 0 radical (unpaired) electrons. The smallest absolute Gasteiger partial charge is 0.162 e. The summed E-state index contributed by atoms with van der Waals surface area (Å²) >= 11 is 0. The fourth-order valence-electron chi connectivity index (χ4n) is 1.54. The molecule has 1 aromatic rings. The zero-order chi connectivity index (χ0) is 10.9. The second-order valence-electron chi connectivity index (χ2n) is 3.99. The van der Waals surface area contributed by atoms with Crippen molar-refractivity contribution >= 4 is 0 Å². The molecule has 15 heavy (non-hydrogen) atoms. The minimum Gasteiger partial charge on any atom is -0.253 e. The molecular formula is C11H10N4. The topological polar surface area (TPSA) is 73.4 Å². The quantitative estimate of drug-likeness (QED) is 0.721. The number of rotatable bonds is 2. The van der Waals surface area contributed by atoms with Gasteiger partial charge in [0, 0.05) is 12.6 Å². The Bertz CT molecular complexity index is 474. The molecular weight excluding hydrogens is 188 g/mol. The normalized spacial score (nSPS) is 16.5. The lowest BCUT2D eigenvalue weighted by Gasteiger charge is -2.06. The molecule has 0 aliphatic heterocycles. The molecule has 2 rings (SSSR count). The van der Waals surface area contributed by atoms with Gasteiger partial charge in [0.15, 0.2) is 5.69 Å². The van der Waals surface area contributed by atoms with Gasteiger partial charge in [-0.3, -0.25) is 4.98 Å². The molecule has 74 valence electrons. The molecule has 0 N–H and O–H groups in total. The van der Waals surface area contributed by atoms with Gasteiger partial charge in [0.2, 0.25) is 0 Å². The molecule has 1 aliphatic carbocycles. The van der Waals surface area contributed by atoms with Crippen molar-refractivity contribution in [1.82, 2.24) is 9.97 Å². The summed E-state index contributed by atoms with van der Waals surface area (Å²) in [7, 11) is 0. The minimum atomic E-state index is -0.270. The summed E-state index contributed by atoms with van der Waals surface area (Å²) in [5.74, 6) is 0. The Kier molecular flexibility index (Phi) is 2.13. The molecule has 1 aliphatic rings. The van der Waals surface area contributed by atoms with E-state index in [2.05, 4.69) is 16.0 Å². The van der Waals surface area contributed by atoms with Gasteiger partial charge in [0.1, 0.15) is 6.07 Å². The number of nitrogens with zero attached hydrogens (tertiary/aromatic N) is 4. The molecule has 4 heteroatoms. The summed E-state index contributed by atoms with van der Waals surface area (Å²) in [4.78, 5) is 8.29. The van der Waals surface area contributed by atoms with Gasteiger partial charge in [-0.2, -0.15) is 10.5 Å². The first-order valence-electron chi connectivity index (χ1n) is 4.83. The number of hydrogen-bond donors (Lipinski definition) is 0. The summed E-state index contributed by atoms with van der Waals surface area (Å²) in [6.45, 7) is 1.84. The summed E-state index contributed by atoms with van der Waals surface area (Å²) in [6, 6.07) is 4.31. The van der Waals surface area contributed by atoms with Crippen molar-refractivity contribution < 1.29 is 0 Å². The molecule has 1 aromatic heterocycles. The lowest BCUT2D eigenvalue weighted by Crippen LogP contribution is -2.08. The third-order valence-electron chi connectivity index (χ3n) is 2.67. The molecule has 0 amide bonds. The Morgan fingerprint density at radius 2 is 2.20 bits per heavy atom. The molecule has 0 bridgehead atoms. The predicted octanol–water partition coefficient (Wildman–Crippen LogP) is 1.50. The van der Waals surface area contributed by atoms with E-state index in [0.717, 1.165) is 18.5 Å². The van der Waals surface area contributed by atoms with Gasteiger partial charge in [-0.15, -0.1) is 0 Å². The van der Waals surface area contributed by atoms with Gasteiger partial charge in [-0.25, -0.2) is 4.98 Å². The van der Waals surface area contributed by atoms with Crippen molar-refractivity contribution in [3.63, 3.8) is 0 Å². The van der Waals surface area contributed by atoms with E-state index in [9.17, 15) is 0 Å². The Labute approximate surface area is 88.2 Å². The van der Waals surface area contributed by atoms with E-state index in [1.807, 2.05) is 13.0 Å². The van der Waals surface area contributed by atoms with Crippen molar-refractivity contribution in [2.24, 2.45) is 5.41 Å². The van der Waals surface area contributed by atoms with E-state index in [1.165, 1.54) is 0 Å². The molecule has 1 heterocycles. The number of aromatic nitrogens is 2. The van der Waals surface area contributed by atoms with Gasteiger partial charge < -0.3 is 0 Å². The lowest BCUT2D eigenvalue weighted by molar-refractivity contribution is 0.644. The average molecular weight is 198 g/mol. The fraction of sp³-hybridized carbons (Fsp3) is 0.455. The minimum absolute atomic E-state index is 0.270. The first-order valence-corrected chi connectivity index (χ1v) is 4.83. The van der Waals surface area contributed by atoms with E-state index in [1.54, 1.807) is 6.20 Å². The predicted molar refractivity (Wildman–Crippen MR) is 52.5 cm³/mol. The van der Waals surface area contributed by atoms with Crippen LogP contribution in [-0.4, -0.2) is 9.97 Å². The van der Waals surface area contributed by atoms with E-state index >= 15 is 0 Å². The van der Waals surface area contributed by atoms with Crippen LogP contribution in [0.15, 0.2) is 6.20 Å². The van der Waals surface area contributed by atoms with Crippen LogP contribution >= 0.6 is 0 Å². The Balaban J connectivity index is 2.32. The molecule has 0 spiro atoms. The Hall–Kier alpha value is -1.94. The largest absolute Gasteiger partial charge is 0.253 e. The van der Waals surface area contributed by atoms with Crippen molar-refractivity contribution in [3.8, 4) is 12.1 Å². The standard InChI is InChI=1S/C11H10N4/c1-8-6-14-10(5-12)9(15-8)4-11(7-13)2-3-11/h6H,2-4H2,1H3. The highest BCUT2D eigenvalue weighted by Crippen LogP contribution is 2.47. The Morgan fingerprint density at radius 3 is 2.73 bits per heavy atom. The van der Waals surface area contributed by atoms with Crippen LogP contribution in [0.3, 0.4) is 0 Å². The van der Waals surface area contributed by atoms with Crippen LogP contribution in [0.4, 0.5) is 0 Å². The summed E-state index contributed by atoms with van der Waals surface area (Å²) in [5.41, 5.74) is 1.53. The SMILES string of the molecule is Cc1cnc(C#N)c(CC2(C#N)CC2)n1. The highest BCUT2D eigenvalue weighted by atomic mass is 14.8. The molecule has 0 aromatic carbocycles. The highest BCUT2D eigenvalue weighted by Gasteiger charge is 2.44. The summed E-state index contributed by atoms with van der Waals surface area (Å²) in [5, 5.41) is 17.8. The van der Waals surface area contributed by atoms with E-state index in [0.29, 0.717) is 17.8 Å². The van der Waals surface area contributed by atoms with Crippen LogP contribution in [0.1, 0.15) is 29.9 Å². The van der Waals surface area contributed by atoms with Crippen LogP contribution in [0.5, 0.6) is 0 Å². The molecule has 0 atom stereocenters. The van der Waals surface area contributed by atoms with Crippen molar-refractivity contribution in [3.05, 3.63) is 23.3 Å². The zero-order valence-electron chi connectivity index (χ0n) is 8.49. The maximum atomic E-state index is 8.97. The van der Waals surface area contributed by atoms with Gasteiger partial charge in [0.25, 0.3) is 0 Å². The second-order valence-corrected chi connectivity index (χ2v) is 3.99. The monoisotopic (exact) mass is 198 g/mol. The second kappa shape index (κ2) is 3.33. The van der Waals surface area contributed by atoms with Crippen LogP contribution in [0.2, 0.25) is 0 Å². The fourth-order valence-corrected chi connectivity index (χ4v) is 1.54. The van der Waals surface area contributed by atoms with Crippen molar-refractivity contribution in [2.45, 2.75) is 26.2 Å². The Morgan fingerprint density at radius 1 is 1.47 bits per heavy atom. The summed E-state index contributed by atoms with van der Waals surface area (Å²) in [6.07, 6.45) is 3.95. The van der Waals surface area contributed by atoms with Gasteiger partial charge in [0.05, 0.1) is 22.9 Å². The molecule has 0 saturated heterocycles. The molecule has 0 unspecified atom stereocenters. The van der Waals surface area contributed by atoms with Crippen LogP contribution in [0, 0.1) is 35.0 Å². The maximum Gasteiger partial charge on any atom is 0.162 e. The first-order chi connectivity index (χ1) is 7.19. The number of hydrogen-bond acceptors (Lipinski definition) is 4. The first kappa shape index (κ1) is 9.61. The van der Waals surface area contributed by atoms with E-state index < -0.39 is 0 Å². The molecule has 4 nitrogen and oxygen atoms in total. The van der Waals surface area contributed by atoms with Crippen LogP contribution in [-0.2, 0) is 6.42 Å². The van der Waals surface area contributed by atoms with Gasteiger partial charge in [-0.1, -0.05) is 0 Å². The highest BCUT2D eigenvalue weighted by molar-refractivity contribution is 5.30. The third-order valence-corrected chi connectivity index (χ3v) is 2.67. The van der Waals surface area contributed by atoms with Crippen molar-refractivity contribution in [1.29, 1.82) is 10.5 Å². The van der Waals surface area contributed by atoms with Crippen molar-refractivity contribution in [2.75, 3.05) is 0 Å². The maximum absolute atomic E-state index is 8.97. The van der Waals surface area contributed by atoms with Crippen LogP contribution in [0.25, 0.3) is 0 Å².